The van der Waals surface area contributed by atoms with Crippen LogP contribution in [0.25, 0.3) is 22.8 Å². The number of benzene rings is 3. The number of hydrogen-bond donors (Lipinski definition) is 0. The highest BCUT2D eigenvalue weighted by Gasteiger charge is 2.17. The second kappa shape index (κ2) is 9.13. The van der Waals surface area contributed by atoms with Crippen LogP contribution in [0, 0.1) is 0 Å². The van der Waals surface area contributed by atoms with Crippen LogP contribution >= 0.6 is 0 Å². The van der Waals surface area contributed by atoms with Gasteiger partial charge in [0, 0.05) is 11.1 Å². The molecule has 156 valence electrons. The summed E-state index contributed by atoms with van der Waals surface area (Å²) in [5, 5.41) is 0. The summed E-state index contributed by atoms with van der Waals surface area (Å²) < 4.78 is 6.23. The van der Waals surface area contributed by atoms with E-state index < -0.39 is 0 Å². The van der Waals surface area contributed by atoms with E-state index in [1.165, 1.54) is 11.1 Å². The number of para-hydroxylation sites is 1. The Morgan fingerprint density at radius 1 is 0.710 bits per heavy atom. The van der Waals surface area contributed by atoms with Crippen LogP contribution in [0.1, 0.15) is 56.4 Å². The van der Waals surface area contributed by atoms with Gasteiger partial charge in [-0.1, -0.05) is 94.4 Å². The molecule has 0 saturated heterocycles. The average Bonchev–Trinajstić information content (AvgIpc) is 3.22. The van der Waals surface area contributed by atoms with Gasteiger partial charge < -0.3 is 4.42 Å². The molecule has 3 aromatic carbocycles. The van der Waals surface area contributed by atoms with Gasteiger partial charge in [-0.2, -0.15) is 0 Å². The van der Waals surface area contributed by atoms with Gasteiger partial charge in [0.2, 0.25) is 5.89 Å². The van der Waals surface area contributed by atoms with E-state index in [1.807, 2.05) is 66.9 Å². The van der Waals surface area contributed by atoms with Crippen LogP contribution < -0.4 is 0 Å². The van der Waals surface area contributed by atoms with E-state index in [2.05, 4.69) is 45.9 Å². The molecule has 0 aliphatic carbocycles. The van der Waals surface area contributed by atoms with Crippen LogP contribution in [0.5, 0.6) is 0 Å². The van der Waals surface area contributed by atoms with E-state index in [0.717, 1.165) is 28.3 Å². The molecule has 0 N–H and O–H groups in total. The highest BCUT2D eigenvalue weighted by molar-refractivity contribution is 5.89. The van der Waals surface area contributed by atoms with Crippen molar-refractivity contribution in [2.24, 2.45) is 4.99 Å². The highest BCUT2D eigenvalue weighted by Crippen LogP contribution is 2.35. The lowest BCUT2D eigenvalue weighted by Gasteiger charge is -2.16. The molecule has 0 atom stereocenters. The maximum Gasteiger partial charge on any atom is 0.227 e. The summed E-state index contributed by atoms with van der Waals surface area (Å²) in [6, 6.07) is 26.5. The van der Waals surface area contributed by atoms with E-state index in [-0.39, 0.29) is 0 Å². The first-order chi connectivity index (χ1) is 15.0. The Morgan fingerprint density at radius 2 is 1.26 bits per heavy atom. The van der Waals surface area contributed by atoms with Crippen LogP contribution in [0.2, 0.25) is 0 Å². The van der Waals surface area contributed by atoms with Gasteiger partial charge in [0.1, 0.15) is 5.69 Å². The summed E-state index contributed by atoms with van der Waals surface area (Å²) in [6.45, 7) is 8.82. The molecule has 31 heavy (non-hydrogen) atoms. The first-order valence-corrected chi connectivity index (χ1v) is 10.8. The van der Waals surface area contributed by atoms with Gasteiger partial charge in [-0.15, -0.1) is 0 Å². The van der Waals surface area contributed by atoms with Crippen LogP contribution in [0.15, 0.2) is 88.3 Å². The molecule has 3 nitrogen and oxygen atoms in total. The summed E-state index contributed by atoms with van der Waals surface area (Å²) >= 11 is 0. The number of rotatable bonds is 6. The molecular formula is C28H28N2O. The molecule has 0 spiro atoms. The Morgan fingerprint density at radius 3 is 1.81 bits per heavy atom. The Bertz CT molecular complexity index is 1150. The predicted octanol–water partition coefficient (Wildman–Crippen LogP) is 8.01. The summed E-state index contributed by atoms with van der Waals surface area (Å²) in [7, 11) is 0. The highest BCUT2D eigenvalue weighted by atomic mass is 16.4. The fourth-order valence-electron chi connectivity index (χ4n) is 3.71. The van der Waals surface area contributed by atoms with E-state index in [9.17, 15) is 0 Å². The van der Waals surface area contributed by atoms with Crippen molar-refractivity contribution in [2.75, 3.05) is 0 Å². The molecule has 0 aliphatic heterocycles. The van der Waals surface area contributed by atoms with Gasteiger partial charge in [-0.05, 0) is 35.1 Å². The molecule has 0 amide bonds. The van der Waals surface area contributed by atoms with E-state index in [1.54, 1.807) is 0 Å². The summed E-state index contributed by atoms with van der Waals surface area (Å²) in [6.07, 6.45) is 1.85. The average molecular weight is 409 g/mol. The Hall–Kier alpha value is -3.46. The third-order valence-electron chi connectivity index (χ3n) is 5.37. The van der Waals surface area contributed by atoms with Gasteiger partial charge >= 0.3 is 0 Å². The van der Waals surface area contributed by atoms with E-state index in [4.69, 9.17) is 14.4 Å². The van der Waals surface area contributed by atoms with Crippen molar-refractivity contribution in [3.8, 4) is 22.8 Å². The maximum absolute atomic E-state index is 6.23. The third-order valence-corrected chi connectivity index (χ3v) is 5.37. The van der Waals surface area contributed by atoms with E-state index in [0.29, 0.717) is 17.7 Å². The lowest BCUT2D eigenvalue weighted by molar-refractivity contribution is 0.588. The first-order valence-electron chi connectivity index (χ1n) is 10.8. The second-order valence-electron chi connectivity index (χ2n) is 8.32. The number of nitrogens with zero attached hydrogens (tertiary/aromatic N) is 2. The molecule has 1 heterocycles. The molecule has 4 aromatic rings. The van der Waals surface area contributed by atoms with Crippen LogP contribution in [0.3, 0.4) is 0 Å². The zero-order chi connectivity index (χ0) is 21.8. The quantitative estimate of drug-likeness (QED) is 0.303. The molecule has 0 unspecified atom stereocenters. The van der Waals surface area contributed by atoms with E-state index >= 15 is 0 Å². The monoisotopic (exact) mass is 408 g/mol. The van der Waals surface area contributed by atoms with Crippen LogP contribution in [-0.4, -0.2) is 11.2 Å². The van der Waals surface area contributed by atoms with Crippen molar-refractivity contribution in [1.82, 2.24) is 4.98 Å². The Kier molecular flexibility index (Phi) is 6.13. The zero-order valence-corrected chi connectivity index (χ0v) is 18.5. The third kappa shape index (κ3) is 4.51. The van der Waals surface area contributed by atoms with Crippen molar-refractivity contribution >= 4 is 11.9 Å². The largest absolute Gasteiger partial charge is 0.435 e. The molecule has 0 bridgehead atoms. The topological polar surface area (TPSA) is 38.4 Å². The van der Waals surface area contributed by atoms with Crippen LogP contribution in [-0.2, 0) is 0 Å². The minimum Gasteiger partial charge on any atom is -0.435 e. The molecule has 4 rings (SSSR count). The van der Waals surface area contributed by atoms with Gasteiger partial charge in [-0.3, -0.25) is 4.99 Å². The predicted molar refractivity (Wildman–Crippen MR) is 129 cm³/mol. The first kappa shape index (κ1) is 20.8. The minimum absolute atomic E-state index is 0.386. The fourth-order valence-corrected chi connectivity index (χ4v) is 3.71. The van der Waals surface area contributed by atoms with Gasteiger partial charge in [-0.25, -0.2) is 4.98 Å². The van der Waals surface area contributed by atoms with Crippen LogP contribution in [0.4, 0.5) is 5.69 Å². The minimum atomic E-state index is 0.386. The van der Waals surface area contributed by atoms with Crippen molar-refractivity contribution < 1.29 is 4.42 Å². The lowest BCUT2D eigenvalue weighted by Crippen LogP contribution is -1.96. The lowest BCUT2D eigenvalue weighted by atomic mass is 9.93. The molecule has 0 aliphatic rings. The molecule has 0 fully saturated rings. The van der Waals surface area contributed by atoms with Gasteiger partial charge in [0.15, 0.2) is 5.76 Å². The molecule has 0 radical (unpaired) electrons. The summed E-state index contributed by atoms with van der Waals surface area (Å²) in [4.78, 5) is 9.77. The summed E-state index contributed by atoms with van der Waals surface area (Å²) in [5.74, 6) is 2.10. The van der Waals surface area contributed by atoms with Crippen molar-refractivity contribution in [1.29, 1.82) is 0 Å². The fraction of sp³-hybridized carbons (Fsp3) is 0.214. The molecule has 3 heteroatoms. The second-order valence-corrected chi connectivity index (χ2v) is 8.32. The smallest absolute Gasteiger partial charge is 0.227 e. The normalized spacial score (nSPS) is 11.7. The molecule has 1 aromatic heterocycles. The standard InChI is InChI=1S/C28H28N2O/c1-19(2)23-16-11-17-24(20(3)4)26(23)29-18-25-27(21-12-7-5-8-13-21)31-28(30-25)22-14-9-6-10-15-22/h5-20H,1-4H3. The molecule has 0 saturated carbocycles. The number of hydrogen-bond acceptors (Lipinski definition) is 3. The van der Waals surface area contributed by atoms with Crippen molar-refractivity contribution in [3.63, 3.8) is 0 Å². The SMILES string of the molecule is CC(C)c1cccc(C(C)C)c1N=Cc1nc(-c2ccccc2)oc1-c1ccccc1. The van der Waals surface area contributed by atoms with Crippen molar-refractivity contribution in [3.05, 3.63) is 95.7 Å². The molecular weight excluding hydrogens is 380 g/mol. The van der Waals surface area contributed by atoms with Gasteiger partial charge in [0.25, 0.3) is 0 Å². The van der Waals surface area contributed by atoms with Crippen molar-refractivity contribution in [2.45, 2.75) is 39.5 Å². The summed E-state index contributed by atoms with van der Waals surface area (Å²) in [5.41, 5.74) is 6.20. The number of aliphatic imine (C=N–C) groups is 1. The Labute approximate surface area is 184 Å². The van der Waals surface area contributed by atoms with Gasteiger partial charge in [0.05, 0.1) is 11.9 Å². The Balaban J connectivity index is 1.84. The maximum atomic E-state index is 6.23. The number of oxazole rings is 1. The zero-order valence-electron chi connectivity index (χ0n) is 18.5. The number of aromatic nitrogens is 1.